The molecule has 0 saturated carbocycles. The van der Waals surface area contributed by atoms with Crippen LogP contribution in [0.5, 0.6) is 0 Å². The van der Waals surface area contributed by atoms with Crippen LogP contribution < -0.4 is 15.5 Å². The molecule has 1 aromatic heterocycles. The minimum absolute atomic E-state index is 0.0917. The summed E-state index contributed by atoms with van der Waals surface area (Å²) >= 11 is 0. The summed E-state index contributed by atoms with van der Waals surface area (Å²) in [4.78, 5) is 11.2. The molecule has 3 rings (SSSR count). The third kappa shape index (κ3) is 5.59. The number of nitrogens with zero attached hydrogens (tertiary/aromatic N) is 3. The van der Waals surface area contributed by atoms with Crippen LogP contribution in [0.15, 0.2) is 24.3 Å². The third-order valence-electron chi connectivity index (χ3n) is 5.23. The lowest BCUT2D eigenvalue weighted by atomic mass is 10.1. The molecule has 164 valence electrons. The monoisotopic (exact) mass is 425 g/mol. The van der Waals surface area contributed by atoms with Crippen molar-refractivity contribution in [2.24, 2.45) is 0 Å². The van der Waals surface area contributed by atoms with Crippen molar-refractivity contribution in [2.75, 3.05) is 30.4 Å². The topological polar surface area (TPSA) is 53.1 Å². The third-order valence-corrected chi connectivity index (χ3v) is 5.23. The summed E-state index contributed by atoms with van der Waals surface area (Å²) in [7, 11) is 1.93. The van der Waals surface area contributed by atoms with E-state index in [-0.39, 0.29) is 11.6 Å². The van der Waals surface area contributed by atoms with Crippen LogP contribution in [0, 0.1) is 5.82 Å². The average molecular weight is 425 g/mol. The highest BCUT2D eigenvalue weighted by molar-refractivity contribution is 5.57. The maximum absolute atomic E-state index is 13.6. The van der Waals surface area contributed by atoms with Gasteiger partial charge in [-0.3, -0.25) is 0 Å². The summed E-state index contributed by atoms with van der Waals surface area (Å²) in [5.41, 5.74) is -0.397. The van der Waals surface area contributed by atoms with E-state index < -0.39 is 17.6 Å². The number of benzene rings is 1. The van der Waals surface area contributed by atoms with Gasteiger partial charge in [0.25, 0.3) is 0 Å². The van der Waals surface area contributed by atoms with Crippen molar-refractivity contribution >= 4 is 17.5 Å². The number of hydrogen-bond acceptors (Lipinski definition) is 5. The van der Waals surface area contributed by atoms with Crippen molar-refractivity contribution in [3.8, 4) is 0 Å². The molecule has 0 aliphatic carbocycles. The van der Waals surface area contributed by atoms with E-state index in [1.165, 1.54) is 6.07 Å². The van der Waals surface area contributed by atoms with Crippen molar-refractivity contribution in [1.82, 2.24) is 15.3 Å². The Hall–Kier alpha value is -2.42. The molecule has 0 unspecified atom stereocenters. The minimum Gasteiger partial charge on any atom is -0.355 e. The number of hydrogen-bond donors (Lipinski definition) is 2. The fraction of sp³-hybridized carbons (Fsp3) is 0.524. The Balaban J connectivity index is 1.90. The highest BCUT2D eigenvalue weighted by Gasteiger charge is 2.34. The van der Waals surface area contributed by atoms with Gasteiger partial charge in [-0.2, -0.15) is 18.2 Å². The first-order valence-corrected chi connectivity index (χ1v) is 10.2. The highest BCUT2D eigenvalue weighted by Crippen LogP contribution is 2.33. The zero-order chi connectivity index (χ0) is 21.7. The van der Waals surface area contributed by atoms with Crippen LogP contribution in [0.2, 0.25) is 0 Å². The number of alkyl halides is 3. The van der Waals surface area contributed by atoms with Gasteiger partial charge in [0, 0.05) is 36.6 Å². The number of anilines is 3. The lowest BCUT2D eigenvalue weighted by Crippen LogP contribution is -2.44. The molecular weight excluding hydrogens is 398 g/mol. The van der Waals surface area contributed by atoms with Gasteiger partial charge in [-0.25, -0.2) is 9.37 Å². The molecule has 30 heavy (non-hydrogen) atoms. The van der Waals surface area contributed by atoms with Crippen LogP contribution in [0.3, 0.4) is 0 Å². The first-order valence-electron chi connectivity index (χ1n) is 10.2. The van der Waals surface area contributed by atoms with E-state index >= 15 is 0 Å². The van der Waals surface area contributed by atoms with Crippen LogP contribution in [-0.4, -0.2) is 36.1 Å². The van der Waals surface area contributed by atoms with Crippen LogP contribution in [0.4, 0.5) is 35.0 Å². The number of likely N-dealkylation sites (N-methyl/N-ethyl adjacent to an activating group) is 1. The highest BCUT2D eigenvalue weighted by atomic mass is 19.4. The number of unbranched alkanes of at least 4 members (excludes halogenated alkanes) is 1. The smallest absolute Gasteiger partial charge is 0.355 e. The fourth-order valence-corrected chi connectivity index (χ4v) is 3.56. The molecule has 2 N–H and O–H groups in total. The number of piperidine rings is 1. The quantitative estimate of drug-likeness (QED) is 0.618. The van der Waals surface area contributed by atoms with E-state index in [2.05, 4.69) is 32.4 Å². The van der Waals surface area contributed by atoms with E-state index in [1.54, 1.807) is 0 Å². The lowest BCUT2D eigenvalue weighted by Gasteiger charge is -2.33. The van der Waals surface area contributed by atoms with E-state index in [4.69, 9.17) is 0 Å². The van der Waals surface area contributed by atoms with E-state index in [9.17, 15) is 17.6 Å². The minimum atomic E-state index is -4.77. The van der Waals surface area contributed by atoms with Crippen molar-refractivity contribution in [2.45, 2.75) is 51.2 Å². The summed E-state index contributed by atoms with van der Waals surface area (Å²) in [6, 6.07) is 5.11. The molecule has 1 saturated heterocycles. The normalized spacial score (nSPS) is 17.3. The molecule has 2 aromatic rings. The average Bonchev–Trinajstić information content (AvgIpc) is 2.72. The van der Waals surface area contributed by atoms with Crippen LogP contribution in [-0.2, 0) is 12.6 Å². The molecule has 0 radical (unpaired) electrons. The van der Waals surface area contributed by atoms with E-state index in [1.807, 2.05) is 13.1 Å². The Kier molecular flexibility index (Phi) is 7.12. The summed E-state index contributed by atoms with van der Waals surface area (Å²) in [6.07, 6.45) is 0.0371. The Labute approximate surface area is 173 Å². The fourth-order valence-electron chi connectivity index (χ4n) is 3.56. The maximum Gasteiger partial charge on any atom is 0.419 e. The van der Waals surface area contributed by atoms with Gasteiger partial charge in [-0.05, 0) is 50.9 Å². The molecule has 0 bridgehead atoms. The number of rotatable bonds is 7. The van der Waals surface area contributed by atoms with Gasteiger partial charge in [0.2, 0.25) is 5.95 Å². The molecule has 1 fully saturated rings. The first-order chi connectivity index (χ1) is 14.3. The van der Waals surface area contributed by atoms with Gasteiger partial charge >= 0.3 is 6.18 Å². The SMILES string of the molecule is CCCCc1cc(N2CCC[C@@H](NC)C2)nc(Nc2ccc(F)c(C(F)(F)F)c2)n1. The van der Waals surface area contributed by atoms with Crippen molar-refractivity contribution in [1.29, 1.82) is 0 Å². The molecule has 5 nitrogen and oxygen atoms in total. The Morgan fingerprint density at radius 2 is 2.00 bits per heavy atom. The molecule has 1 aliphatic rings. The molecule has 1 aromatic carbocycles. The Bertz CT molecular complexity index is 856. The predicted octanol–water partition coefficient (Wildman–Crippen LogP) is 4.91. The van der Waals surface area contributed by atoms with Gasteiger partial charge in [-0.15, -0.1) is 0 Å². The zero-order valence-electron chi connectivity index (χ0n) is 17.2. The molecule has 1 atom stereocenters. The predicted molar refractivity (Wildman–Crippen MR) is 110 cm³/mol. The summed E-state index contributed by atoms with van der Waals surface area (Å²) in [5, 5.41) is 6.12. The van der Waals surface area contributed by atoms with Crippen molar-refractivity contribution in [3.63, 3.8) is 0 Å². The number of halogens is 4. The largest absolute Gasteiger partial charge is 0.419 e. The summed E-state index contributed by atoms with van der Waals surface area (Å²) in [6.45, 7) is 3.74. The molecular formula is C21H27F4N5. The number of aromatic nitrogens is 2. The second-order valence-electron chi connectivity index (χ2n) is 7.54. The first kappa shape index (κ1) is 22.3. The Morgan fingerprint density at radius 1 is 1.20 bits per heavy atom. The van der Waals surface area contributed by atoms with Crippen LogP contribution in [0.1, 0.15) is 43.9 Å². The second kappa shape index (κ2) is 9.59. The molecule has 0 spiro atoms. The van der Waals surface area contributed by atoms with Gasteiger partial charge in [0.15, 0.2) is 0 Å². The van der Waals surface area contributed by atoms with Gasteiger partial charge < -0.3 is 15.5 Å². The zero-order valence-corrected chi connectivity index (χ0v) is 17.2. The van der Waals surface area contributed by atoms with Gasteiger partial charge in [0.05, 0.1) is 5.56 Å². The number of aryl methyl sites for hydroxylation is 1. The molecule has 9 heteroatoms. The Morgan fingerprint density at radius 3 is 2.70 bits per heavy atom. The van der Waals surface area contributed by atoms with Crippen LogP contribution in [0.25, 0.3) is 0 Å². The molecule has 1 aliphatic heterocycles. The van der Waals surface area contributed by atoms with Crippen molar-refractivity contribution in [3.05, 3.63) is 41.3 Å². The summed E-state index contributed by atoms with van der Waals surface area (Å²) in [5.74, 6) is -0.348. The van der Waals surface area contributed by atoms with E-state index in [0.29, 0.717) is 6.04 Å². The number of nitrogens with one attached hydrogen (secondary N) is 2. The van der Waals surface area contributed by atoms with Gasteiger partial charge in [-0.1, -0.05) is 13.3 Å². The summed E-state index contributed by atoms with van der Waals surface area (Å²) < 4.78 is 52.7. The van der Waals surface area contributed by atoms with Gasteiger partial charge in [0.1, 0.15) is 11.6 Å². The lowest BCUT2D eigenvalue weighted by molar-refractivity contribution is -0.139. The standard InChI is InChI=1S/C21H27F4N5/c1-3-4-6-14-12-19(30-10-5-7-16(13-30)26-2)29-20(27-14)28-15-8-9-18(22)17(11-15)21(23,24)25/h8-9,11-12,16,26H,3-7,10,13H2,1-2H3,(H,27,28,29)/t16-/m1/s1. The molecule has 2 heterocycles. The van der Waals surface area contributed by atoms with E-state index in [0.717, 1.165) is 68.8 Å². The van der Waals surface area contributed by atoms with Crippen LogP contribution >= 0.6 is 0 Å². The van der Waals surface area contributed by atoms with Crippen molar-refractivity contribution < 1.29 is 17.6 Å². The second-order valence-corrected chi connectivity index (χ2v) is 7.54. The molecule has 0 amide bonds. The maximum atomic E-state index is 13.6.